The van der Waals surface area contributed by atoms with Gasteiger partial charge in [-0.05, 0) is 42.5 Å². The van der Waals surface area contributed by atoms with Gasteiger partial charge in [0.2, 0.25) is 0 Å². The molecule has 0 aromatic heterocycles. The van der Waals surface area contributed by atoms with Crippen LogP contribution >= 0.6 is 44.1 Å². The summed E-state index contributed by atoms with van der Waals surface area (Å²) in [6, 6.07) is 12.5. The van der Waals surface area contributed by atoms with Crippen LogP contribution in [0.1, 0.15) is 11.1 Å². The summed E-state index contributed by atoms with van der Waals surface area (Å²) >= 11 is 11.7. The average molecular weight is 429 g/mol. The third-order valence-electron chi connectivity index (χ3n) is 2.53. The topological polar surface area (TPSA) is 70.6 Å². The Hall–Kier alpha value is -1.44. The van der Waals surface area contributed by atoms with E-state index < -0.39 is 0 Å². The van der Waals surface area contributed by atoms with Crippen LogP contribution in [0, 0.1) is 0 Å². The lowest BCUT2D eigenvalue weighted by Crippen LogP contribution is -2.26. The summed E-state index contributed by atoms with van der Waals surface area (Å²) in [5.74, 6) is 0.157. The van der Waals surface area contributed by atoms with Crippen LogP contribution in [0.2, 0.25) is 0 Å². The molecule has 0 spiro atoms. The second-order valence-electron chi connectivity index (χ2n) is 4.14. The van der Waals surface area contributed by atoms with E-state index in [-0.39, 0.29) is 10.9 Å². The monoisotopic (exact) mass is 427 g/mol. The summed E-state index contributed by atoms with van der Waals surface area (Å²) in [5, 5.41) is 14.0. The number of aromatic hydroxyl groups is 1. The molecule has 0 saturated heterocycles. The van der Waals surface area contributed by atoms with E-state index in [0.29, 0.717) is 5.71 Å². The Morgan fingerprint density at radius 1 is 1.10 bits per heavy atom. The number of hydrogen-bond donors (Lipinski definition) is 3. The van der Waals surface area contributed by atoms with Gasteiger partial charge in [0.15, 0.2) is 5.11 Å². The van der Waals surface area contributed by atoms with Crippen LogP contribution in [-0.2, 0) is 0 Å². The quantitative estimate of drug-likeness (QED) is 0.397. The van der Waals surface area contributed by atoms with Gasteiger partial charge in [-0.15, -0.1) is 0 Å². The molecule has 4 N–H and O–H groups in total. The standard InChI is InChI=1S/C14H11Br2N3OS/c15-10-4-9(5-11(16)7-10)13(18-19-14(17)21)8-2-1-3-12(20)6-8/h1-7,20H,(H3,17,19,21)/b18-13+. The van der Waals surface area contributed by atoms with Crippen LogP contribution in [0.4, 0.5) is 0 Å². The first-order valence-corrected chi connectivity index (χ1v) is 7.84. The van der Waals surface area contributed by atoms with Gasteiger partial charge in [-0.3, -0.25) is 5.43 Å². The second-order valence-corrected chi connectivity index (χ2v) is 6.42. The van der Waals surface area contributed by atoms with E-state index in [9.17, 15) is 5.11 Å². The van der Waals surface area contributed by atoms with E-state index in [2.05, 4.69) is 42.4 Å². The van der Waals surface area contributed by atoms with Crippen LogP contribution in [0.25, 0.3) is 0 Å². The molecule has 0 unspecified atom stereocenters. The van der Waals surface area contributed by atoms with Crippen molar-refractivity contribution in [3.63, 3.8) is 0 Å². The third-order valence-corrected chi connectivity index (χ3v) is 3.54. The zero-order valence-corrected chi connectivity index (χ0v) is 14.7. The van der Waals surface area contributed by atoms with Crippen LogP contribution in [0.3, 0.4) is 0 Å². The summed E-state index contributed by atoms with van der Waals surface area (Å²) in [7, 11) is 0. The molecular weight excluding hydrogens is 418 g/mol. The molecule has 0 aliphatic heterocycles. The number of nitrogens with one attached hydrogen (secondary N) is 1. The lowest BCUT2D eigenvalue weighted by Gasteiger charge is -2.09. The van der Waals surface area contributed by atoms with Crippen molar-refractivity contribution in [2.75, 3.05) is 0 Å². The van der Waals surface area contributed by atoms with E-state index in [1.165, 1.54) is 0 Å². The van der Waals surface area contributed by atoms with Crippen molar-refractivity contribution in [1.29, 1.82) is 0 Å². The summed E-state index contributed by atoms with van der Waals surface area (Å²) in [5.41, 5.74) is 10.2. The van der Waals surface area contributed by atoms with Gasteiger partial charge in [0, 0.05) is 20.1 Å². The molecule has 0 fully saturated rings. The molecule has 0 atom stereocenters. The van der Waals surface area contributed by atoms with Gasteiger partial charge >= 0.3 is 0 Å². The number of benzene rings is 2. The number of phenolic OH excluding ortho intramolecular Hbond substituents is 1. The summed E-state index contributed by atoms with van der Waals surface area (Å²) in [4.78, 5) is 0. The van der Waals surface area contributed by atoms with E-state index in [1.807, 2.05) is 24.3 Å². The first kappa shape index (κ1) is 15.9. The van der Waals surface area contributed by atoms with E-state index >= 15 is 0 Å². The number of thiocarbonyl (C=S) groups is 1. The highest BCUT2D eigenvalue weighted by atomic mass is 79.9. The number of nitrogens with zero attached hydrogens (tertiary/aromatic N) is 1. The Labute approximate surface area is 144 Å². The molecule has 0 aliphatic rings. The fourth-order valence-electron chi connectivity index (χ4n) is 1.75. The predicted octanol–water partition coefficient (Wildman–Crippen LogP) is 3.50. The van der Waals surface area contributed by atoms with Crippen molar-refractivity contribution in [3.8, 4) is 5.75 Å². The Bertz CT molecular complexity index is 699. The first-order valence-electron chi connectivity index (χ1n) is 5.85. The summed E-state index contributed by atoms with van der Waals surface area (Å²) in [6.45, 7) is 0. The number of hydrazone groups is 1. The van der Waals surface area contributed by atoms with Gasteiger partial charge in [-0.25, -0.2) is 0 Å². The van der Waals surface area contributed by atoms with Crippen molar-refractivity contribution >= 4 is 54.9 Å². The Balaban J connectivity index is 2.55. The van der Waals surface area contributed by atoms with E-state index in [4.69, 9.17) is 18.0 Å². The second kappa shape index (κ2) is 7.02. The molecule has 0 amide bonds. The maximum atomic E-state index is 9.65. The lowest BCUT2D eigenvalue weighted by atomic mass is 10.0. The molecule has 0 aliphatic carbocycles. The molecule has 21 heavy (non-hydrogen) atoms. The van der Waals surface area contributed by atoms with Crippen LogP contribution in [0.5, 0.6) is 5.75 Å². The minimum Gasteiger partial charge on any atom is -0.508 e. The van der Waals surface area contributed by atoms with Crippen LogP contribution < -0.4 is 11.2 Å². The highest BCUT2D eigenvalue weighted by Crippen LogP contribution is 2.23. The Morgan fingerprint density at radius 3 is 2.33 bits per heavy atom. The normalized spacial score (nSPS) is 11.2. The fraction of sp³-hybridized carbons (Fsp3) is 0. The van der Waals surface area contributed by atoms with Crippen molar-refractivity contribution in [1.82, 2.24) is 5.43 Å². The van der Waals surface area contributed by atoms with Crippen LogP contribution in [0.15, 0.2) is 56.5 Å². The Morgan fingerprint density at radius 2 is 1.76 bits per heavy atom. The predicted molar refractivity (Wildman–Crippen MR) is 95.5 cm³/mol. The minimum absolute atomic E-state index is 0.0710. The number of hydrogen-bond acceptors (Lipinski definition) is 3. The van der Waals surface area contributed by atoms with Gasteiger partial charge < -0.3 is 10.8 Å². The lowest BCUT2D eigenvalue weighted by molar-refractivity contribution is 0.475. The first-order chi connectivity index (χ1) is 9.95. The Kier molecular flexibility index (Phi) is 5.33. The van der Waals surface area contributed by atoms with E-state index in [1.54, 1.807) is 18.2 Å². The van der Waals surface area contributed by atoms with Gasteiger partial charge in [0.05, 0.1) is 5.71 Å². The molecule has 0 heterocycles. The number of phenols is 1. The smallest absolute Gasteiger partial charge is 0.184 e. The van der Waals surface area contributed by atoms with E-state index in [0.717, 1.165) is 20.1 Å². The van der Waals surface area contributed by atoms with Crippen molar-refractivity contribution in [3.05, 3.63) is 62.5 Å². The molecule has 2 aromatic carbocycles. The van der Waals surface area contributed by atoms with Crippen molar-refractivity contribution < 1.29 is 5.11 Å². The van der Waals surface area contributed by atoms with Crippen molar-refractivity contribution in [2.24, 2.45) is 10.8 Å². The van der Waals surface area contributed by atoms with Gasteiger partial charge in [-0.1, -0.05) is 44.0 Å². The average Bonchev–Trinajstić information content (AvgIpc) is 2.37. The number of nitrogens with two attached hydrogens (primary N) is 1. The molecule has 2 rings (SSSR count). The zero-order valence-electron chi connectivity index (χ0n) is 10.7. The maximum Gasteiger partial charge on any atom is 0.184 e. The fourth-order valence-corrected chi connectivity index (χ4v) is 3.09. The molecule has 0 radical (unpaired) electrons. The molecule has 2 aromatic rings. The van der Waals surface area contributed by atoms with Crippen LogP contribution in [-0.4, -0.2) is 15.9 Å². The number of rotatable bonds is 3. The highest BCUT2D eigenvalue weighted by Gasteiger charge is 2.10. The molecule has 4 nitrogen and oxygen atoms in total. The van der Waals surface area contributed by atoms with Gasteiger partial charge in [0.25, 0.3) is 0 Å². The molecule has 7 heteroatoms. The highest BCUT2D eigenvalue weighted by molar-refractivity contribution is 9.11. The maximum absolute atomic E-state index is 9.65. The largest absolute Gasteiger partial charge is 0.508 e. The summed E-state index contributed by atoms with van der Waals surface area (Å²) < 4.78 is 1.80. The molecule has 0 bridgehead atoms. The van der Waals surface area contributed by atoms with Gasteiger partial charge in [-0.2, -0.15) is 5.10 Å². The number of halogens is 2. The molecule has 0 saturated carbocycles. The summed E-state index contributed by atoms with van der Waals surface area (Å²) in [6.07, 6.45) is 0. The minimum atomic E-state index is 0.0710. The van der Waals surface area contributed by atoms with Gasteiger partial charge in [0.1, 0.15) is 5.75 Å². The zero-order chi connectivity index (χ0) is 15.4. The SMILES string of the molecule is NC(=S)N/N=C(\c1cccc(O)c1)c1cc(Br)cc(Br)c1. The molecular formula is C14H11Br2N3OS. The van der Waals surface area contributed by atoms with Crippen molar-refractivity contribution in [2.45, 2.75) is 0 Å². The molecule has 108 valence electrons. The third kappa shape index (κ3) is 4.52.